The summed E-state index contributed by atoms with van der Waals surface area (Å²) < 4.78 is 1.98. The van der Waals surface area contributed by atoms with Gasteiger partial charge in [0.25, 0.3) is 0 Å². The molecule has 0 aliphatic heterocycles. The number of aromatic nitrogens is 3. The van der Waals surface area contributed by atoms with E-state index in [-0.39, 0.29) is 0 Å². The molecule has 4 nitrogen and oxygen atoms in total. The summed E-state index contributed by atoms with van der Waals surface area (Å²) in [6.45, 7) is 3.00. The number of benzene rings is 2. The minimum Gasteiger partial charge on any atom is -0.318 e. The first kappa shape index (κ1) is 19.0. The summed E-state index contributed by atoms with van der Waals surface area (Å²) in [5, 5.41) is 4.13. The average molecular weight is 429 g/mol. The van der Waals surface area contributed by atoms with Gasteiger partial charge in [0, 0.05) is 41.3 Å². The highest BCUT2D eigenvalue weighted by Gasteiger charge is 2.15. The molecule has 0 fully saturated rings. The summed E-state index contributed by atoms with van der Waals surface area (Å²) in [5.74, 6) is 0. The van der Waals surface area contributed by atoms with Crippen molar-refractivity contribution in [3.8, 4) is 16.9 Å². The number of rotatable bonds is 6. The molecule has 2 aromatic heterocycles. The Bertz CT molecular complexity index is 1060. The molecule has 0 radical (unpaired) electrons. The van der Waals surface area contributed by atoms with Gasteiger partial charge < -0.3 is 9.47 Å². The number of hydrogen-bond acceptors (Lipinski definition) is 4. The Labute approximate surface area is 178 Å². The van der Waals surface area contributed by atoms with Crippen molar-refractivity contribution in [2.24, 2.45) is 0 Å². The second-order valence-corrected chi connectivity index (χ2v) is 7.93. The molecular formula is C21H18Cl2N4S. The lowest BCUT2D eigenvalue weighted by Gasteiger charge is -2.21. The van der Waals surface area contributed by atoms with Crippen molar-refractivity contribution in [2.75, 3.05) is 11.4 Å². The van der Waals surface area contributed by atoms with Crippen molar-refractivity contribution in [3.05, 3.63) is 76.6 Å². The van der Waals surface area contributed by atoms with E-state index >= 15 is 0 Å². The standard InChI is InChI=1S/C21H18Cl2N4S/c1-2-10-27(17-7-8-18(22)19(23)12-17)21-25-20(13-28-21)15-3-5-16(6-4-15)26-11-9-24-14-26/h3-9,11-14H,2,10H2,1H3. The van der Waals surface area contributed by atoms with Crippen molar-refractivity contribution in [1.82, 2.24) is 14.5 Å². The van der Waals surface area contributed by atoms with Gasteiger partial charge in [-0.2, -0.15) is 0 Å². The van der Waals surface area contributed by atoms with E-state index in [9.17, 15) is 0 Å². The average Bonchev–Trinajstić information content (AvgIpc) is 3.41. The van der Waals surface area contributed by atoms with Crippen LogP contribution in [-0.2, 0) is 0 Å². The lowest BCUT2D eigenvalue weighted by atomic mass is 10.1. The van der Waals surface area contributed by atoms with E-state index < -0.39 is 0 Å². The Kier molecular flexibility index (Phi) is 5.67. The molecule has 0 aliphatic carbocycles. The summed E-state index contributed by atoms with van der Waals surface area (Å²) in [6, 6.07) is 14.0. The van der Waals surface area contributed by atoms with Gasteiger partial charge >= 0.3 is 0 Å². The third-order valence-electron chi connectivity index (χ3n) is 4.35. The zero-order chi connectivity index (χ0) is 19.5. The Morgan fingerprint density at radius 2 is 1.89 bits per heavy atom. The molecule has 0 saturated heterocycles. The van der Waals surface area contributed by atoms with Crippen molar-refractivity contribution >= 4 is 45.4 Å². The normalized spacial score (nSPS) is 11.0. The summed E-state index contributed by atoms with van der Waals surface area (Å²) in [4.78, 5) is 11.1. The van der Waals surface area contributed by atoms with Crippen LogP contribution in [0.4, 0.5) is 10.8 Å². The Morgan fingerprint density at radius 3 is 2.57 bits per heavy atom. The van der Waals surface area contributed by atoms with Gasteiger partial charge in [-0.15, -0.1) is 11.3 Å². The Balaban J connectivity index is 1.62. The SMILES string of the molecule is CCCN(c1ccc(Cl)c(Cl)c1)c1nc(-c2ccc(-n3ccnc3)cc2)cs1. The van der Waals surface area contributed by atoms with E-state index in [1.165, 1.54) is 0 Å². The van der Waals surface area contributed by atoms with E-state index in [0.717, 1.165) is 40.7 Å². The van der Waals surface area contributed by atoms with Crippen LogP contribution in [0.1, 0.15) is 13.3 Å². The number of imidazole rings is 1. The zero-order valence-electron chi connectivity index (χ0n) is 15.2. The molecule has 142 valence electrons. The number of hydrogen-bond donors (Lipinski definition) is 0. The van der Waals surface area contributed by atoms with Crippen LogP contribution in [0.2, 0.25) is 10.0 Å². The molecule has 2 heterocycles. The highest BCUT2D eigenvalue weighted by atomic mass is 35.5. The molecule has 7 heteroatoms. The molecule has 0 unspecified atom stereocenters. The number of thiazole rings is 1. The minimum atomic E-state index is 0.548. The maximum Gasteiger partial charge on any atom is 0.190 e. The van der Waals surface area contributed by atoms with E-state index in [4.69, 9.17) is 28.2 Å². The minimum absolute atomic E-state index is 0.548. The van der Waals surface area contributed by atoms with Crippen molar-refractivity contribution < 1.29 is 0 Å². The van der Waals surface area contributed by atoms with Gasteiger partial charge in [0.05, 0.1) is 22.1 Å². The second kappa shape index (κ2) is 8.35. The third kappa shape index (κ3) is 3.92. The topological polar surface area (TPSA) is 34.0 Å². The smallest absolute Gasteiger partial charge is 0.190 e. The fraction of sp³-hybridized carbons (Fsp3) is 0.143. The fourth-order valence-corrected chi connectivity index (χ4v) is 4.12. The first-order valence-corrected chi connectivity index (χ1v) is 10.6. The Morgan fingerprint density at radius 1 is 1.07 bits per heavy atom. The molecule has 0 atom stereocenters. The van der Waals surface area contributed by atoms with Crippen molar-refractivity contribution in [2.45, 2.75) is 13.3 Å². The van der Waals surface area contributed by atoms with Gasteiger partial charge in [-0.1, -0.05) is 42.3 Å². The summed E-state index contributed by atoms with van der Waals surface area (Å²) in [7, 11) is 0. The molecule has 0 spiro atoms. The van der Waals surface area contributed by atoms with Crippen LogP contribution in [0.25, 0.3) is 16.9 Å². The quantitative estimate of drug-likeness (QED) is 0.336. The van der Waals surface area contributed by atoms with Crippen LogP contribution >= 0.6 is 34.5 Å². The molecular weight excluding hydrogens is 411 g/mol. The third-order valence-corrected chi connectivity index (χ3v) is 5.95. The van der Waals surface area contributed by atoms with E-state index in [2.05, 4.69) is 46.5 Å². The van der Waals surface area contributed by atoms with Gasteiger partial charge in [-0.05, 0) is 36.8 Å². The maximum atomic E-state index is 6.22. The van der Waals surface area contributed by atoms with Crippen molar-refractivity contribution in [3.63, 3.8) is 0 Å². The van der Waals surface area contributed by atoms with Gasteiger partial charge in [-0.25, -0.2) is 9.97 Å². The van der Waals surface area contributed by atoms with E-state index in [0.29, 0.717) is 10.0 Å². The predicted molar refractivity (Wildman–Crippen MR) is 118 cm³/mol. The first-order chi connectivity index (χ1) is 13.7. The number of anilines is 2. The van der Waals surface area contributed by atoms with Crippen LogP contribution in [0, 0.1) is 0 Å². The lowest BCUT2D eigenvalue weighted by Crippen LogP contribution is -2.17. The van der Waals surface area contributed by atoms with Crippen LogP contribution in [0.5, 0.6) is 0 Å². The number of nitrogens with zero attached hydrogens (tertiary/aromatic N) is 4. The zero-order valence-corrected chi connectivity index (χ0v) is 17.5. The molecule has 4 aromatic rings. The van der Waals surface area contributed by atoms with Crippen LogP contribution < -0.4 is 4.90 Å². The monoisotopic (exact) mass is 428 g/mol. The molecule has 0 saturated carbocycles. The van der Waals surface area contributed by atoms with Crippen LogP contribution in [0.3, 0.4) is 0 Å². The van der Waals surface area contributed by atoms with Gasteiger partial charge in [0.2, 0.25) is 0 Å². The molecule has 2 aromatic carbocycles. The molecule has 4 rings (SSSR count). The molecule has 0 bridgehead atoms. The predicted octanol–water partition coefficient (Wildman–Crippen LogP) is 6.85. The van der Waals surface area contributed by atoms with Crippen LogP contribution in [-0.4, -0.2) is 21.1 Å². The second-order valence-electron chi connectivity index (χ2n) is 6.28. The van der Waals surface area contributed by atoms with Gasteiger partial charge in [-0.3, -0.25) is 0 Å². The van der Waals surface area contributed by atoms with E-state index in [1.807, 2.05) is 29.0 Å². The van der Waals surface area contributed by atoms with Gasteiger partial charge in [0.15, 0.2) is 5.13 Å². The largest absolute Gasteiger partial charge is 0.318 e. The van der Waals surface area contributed by atoms with Gasteiger partial charge in [0.1, 0.15) is 0 Å². The Hall–Kier alpha value is -2.34. The highest BCUT2D eigenvalue weighted by Crippen LogP contribution is 2.35. The molecule has 0 aliphatic rings. The summed E-state index contributed by atoms with van der Waals surface area (Å²) in [5.41, 5.74) is 4.10. The lowest BCUT2D eigenvalue weighted by molar-refractivity contribution is 0.881. The fourth-order valence-electron chi connectivity index (χ4n) is 2.95. The maximum absolute atomic E-state index is 6.22. The number of halogens is 2. The molecule has 0 amide bonds. The highest BCUT2D eigenvalue weighted by molar-refractivity contribution is 7.14. The van der Waals surface area contributed by atoms with Crippen LogP contribution in [0.15, 0.2) is 66.6 Å². The first-order valence-electron chi connectivity index (χ1n) is 8.92. The van der Waals surface area contributed by atoms with Crippen molar-refractivity contribution in [1.29, 1.82) is 0 Å². The molecule has 28 heavy (non-hydrogen) atoms. The summed E-state index contributed by atoms with van der Waals surface area (Å²) >= 11 is 13.9. The molecule has 0 N–H and O–H groups in total. The van der Waals surface area contributed by atoms with E-state index in [1.54, 1.807) is 23.9 Å². The summed E-state index contributed by atoms with van der Waals surface area (Å²) in [6.07, 6.45) is 6.48.